The minimum atomic E-state index is -0.537. The minimum Gasteiger partial charge on any atom is -0.872 e. The summed E-state index contributed by atoms with van der Waals surface area (Å²) in [5.41, 5.74) is 1.14. The van der Waals surface area contributed by atoms with Crippen molar-refractivity contribution in [1.82, 2.24) is 0 Å². The Balaban J connectivity index is 0.00000204. The Morgan fingerprint density at radius 2 is 1.11 bits per heavy atom. The third-order valence-electron chi connectivity index (χ3n) is 5.03. The molecule has 4 N–H and O–H groups in total. The molecular weight excluding hydrogens is 508 g/mol. The summed E-state index contributed by atoms with van der Waals surface area (Å²) >= 11 is 0. The van der Waals surface area contributed by atoms with Crippen molar-refractivity contribution in [1.29, 1.82) is 0 Å². The van der Waals surface area contributed by atoms with Crippen LogP contribution in [0.25, 0.3) is 21.9 Å². The van der Waals surface area contributed by atoms with Crippen molar-refractivity contribution in [2.75, 3.05) is 13.1 Å². The first-order valence-corrected chi connectivity index (χ1v) is 9.84. The monoisotopic (exact) mass is 529 g/mol. The van der Waals surface area contributed by atoms with Crippen LogP contribution < -0.4 is 21.5 Å². The van der Waals surface area contributed by atoms with Crippen LogP contribution in [0.3, 0.4) is 0 Å². The van der Waals surface area contributed by atoms with Crippen molar-refractivity contribution in [2.45, 2.75) is 13.8 Å². The Morgan fingerprint density at radius 3 is 1.49 bits per heavy atom. The van der Waals surface area contributed by atoms with Gasteiger partial charge in [-0.15, -0.1) is 0 Å². The summed E-state index contributed by atoms with van der Waals surface area (Å²) in [4.78, 5) is 31.8. The number of hydrogen-bond acceptors (Lipinski definition) is 8. The minimum absolute atomic E-state index is 0. The molecule has 2 heterocycles. The predicted octanol–water partition coefficient (Wildman–Crippen LogP) is 0.550. The van der Waals surface area contributed by atoms with Crippen molar-refractivity contribution in [3.05, 3.63) is 79.5 Å². The Morgan fingerprint density at radius 1 is 0.743 bits per heavy atom. The van der Waals surface area contributed by atoms with Gasteiger partial charge in [-0.3, -0.25) is 9.98 Å². The Kier molecular flexibility index (Phi) is 10.1. The largest absolute Gasteiger partial charge is 2.00 e. The summed E-state index contributed by atoms with van der Waals surface area (Å²) < 4.78 is 10.4. The molecule has 0 aliphatic carbocycles. The fourth-order valence-electron chi connectivity index (χ4n) is 3.44. The van der Waals surface area contributed by atoms with E-state index in [4.69, 9.17) is 8.83 Å². The molecule has 2 aromatic carbocycles. The molecule has 0 atom stereocenters. The molecule has 10 nitrogen and oxygen atoms in total. The summed E-state index contributed by atoms with van der Waals surface area (Å²) in [6.07, 6.45) is 2.73. The van der Waals surface area contributed by atoms with Gasteiger partial charge in [0.15, 0.2) is 0 Å². The topological polar surface area (TPSA) is 194 Å². The van der Waals surface area contributed by atoms with Crippen LogP contribution in [0.1, 0.15) is 22.3 Å². The van der Waals surface area contributed by atoms with Crippen molar-refractivity contribution in [3.63, 3.8) is 0 Å². The van der Waals surface area contributed by atoms with E-state index in [0.29, 0.717) is 21.9 Å². The number of benzene rings is 2. The van der Waals surface area contributed by atoms with Crippen LogP contribution in [0.2, 0.25) is 0 Å². The fourth-order valence-corrected chi connectivity index (χ4v) is 3.44. The maximum Gasteiger partial charge on any atom is 2.00 e. The fraction of sp³-hybridized carbons (Fsp3) is 0.167. The molecule has 0 unspecified atom stereocenters. The molecule has 2 aromatic heterocycles. The molecule has 1 radical (unpaired) electrons. The summed E-state index contributed by atoms with van der Waals surface area (Å²) in [7, 11) is 0. The van der Waals surface area contributed by atoms with Crippen LogP contribution in [0.4, 0.5) is 0 Å². The molecular formula is C24H22CuN2O8. The van der Waals surface area contributed by atoms with Gasteiger partial charge in [0.2, 0.25) is 0 Å². The number of aliphatic imine (C=N–C) groups is 2. The number of rotatable bonds is 5. The van der Waals surface area contributed by atoms with Crippen molar-refractivity contribution >= 4 is 34.4 Å². The van der Waals surface area contributed by atoms with Gasteiger partial charge in [0.25, 0.3) is 0 Å². The quantitative estimate of drug-likeness (QED) is 0.156. The van der Waals surface area contributed by atoms with E-state index in [-0.39, 0.29) is 74.9 Å². The molecule has 0 spiro atoms. The molecule has 187 valence electrons. The van der Waals surface area contributed by atoms with Crippen LogP contribution in [0.5, 0.6) is 11.5 Å². The summed E-state index contributed by atoms with van der Waals surface area (Å²) in [5, 5.41) is 25.8. The molecule has 0 aliphatic rings. The van der Waals surface area contributed by atoms with Gasteiger partial charge < -0.3 is 30.0 Å². The van der Waals surface area contributed by atoms with Crippen molar-refractivity contribution in [3.8, 4) is 11.5 Å². The first-order valence-electron chi connectivity index (χ1n) is 9.84. The molecule has 0 aliphatic heterocycles. The average Bonchev–Trinajstić information content (AvgIpc) is 2.72. The third-order valence-corrected chi connectivity index (χ3v) is 5.03. The number of aryl methyl sites for hydroxylation is 2. The zero-order valence-electron chi connectivity index (χ0n) is 18.7. The predicted molar refractivity (Wildman–Crippen MR) is 125 cm³/mol. The second kappa shape index (κ2) is 12.1. The van der Waals surface area contributed by atoms with Gasteiger partial charge >= 0.3 is 28.3 Å². The molecule has 0 saturated heterocycles. The van der Waals surface area contributed by atoms with Gasteiger partial charge in [0, 0.05) is 46.5 Å². The maximum atomic E-state index is 12.2. The number of nitrogens with zero attached hydrogens (tertiary/aromatic N) is 2. The van der Waals surface area contributed by atoms with Gasteiger partial charge in [-0.2, -0.15) is 0 Å². The Bertz CT molecular complexity index is 1410. The van der Waals surface area contributed by atoms with E-state index in [1.807, 2.05) is 0 Å². The number of fused-ring (bicyclic) bond motifs is 2. The van der Waals surface area contributed by atoms with E-state index in [9.17, 15) is 19.8 Å². The van der Waals surface area contributed by atoms with Gasteiger partial charge in [-0.25, -0.2) is 9.59 Å². The Labute approximate surface area is 209 Å². The van der Waals surface area contributed by atoms with Crippen LogP contribution in [0.15, 0.2) is 64.8 Å². The van der Waals surface area contributed by atoms with E-state index in [2.05, 4.69) is 9.98 Å². The zero-order chi connectivity index (χ0) is 22.8. The standard InChI is InChI=1S/C24H20N2O6.Cu.2H2O/c1-13-9-21(29)31-23-15(13)3-5-19(27)17(23)11-25-7-8-26-12-18-20(28)6-4-16-14(2)10-22(30)32-24(16)18;;;/h3-6,9-12,27-28H,7-8H2,1-2H3;;2*1H2/q;+2;;/p-2. The summed E-state index contributed by atoms with van der Waals surface area (Å²) in [6, 6.07) is 8.76. The first kappa shape index (κ1) is 29.3. The first-order chi connectivity index (χ1) is 15.3. The van der Waals surface area contributed by atoms with E-state index in [1.165, 1.54) is 36.7 Å². The normalized spacial score (nSPS) is 10.9. The number of hydrogen-bond donors (Lipinski definition) is 0. The van der Waals surface area contributed by atoms with E-state index in [1.54, 1.807) is 26.0 Å². The molecule has 0 bridgehead atoms. The van der Waals surface area contributed by atoms with E-state index in [0.717, 1.165) is 0 Å². The van der Waals surface area contributed by atoms with Gasteiger partial charge in [0.05, 0.1) is 13.1 Å². The molecule has 0 amide bonds. The van der Waals surface area contributed by atoms with Gasteiger partial charge in [-0.1, -0.05) is 35.8 Å². The van der Waals surface area contributed by atoms with E-state index < -0.39 is 11.3 Å². The molecule has 35 heavy (non-hydrogen) atoms. The van der Waals surface area contributed by atoms with Crippen molar-refractivity contribution < 1.29 is 47.1 Å². The van der Waals surface area contributed by atoms with E-state index >= 15 is 0 Å². The molecule has 0 fully saturated rings. The zero-order valence-corrected chi connectivity index (χ0v) is 19.6. The third kappa shape index (κ3) is 6.03. The smallest absolute Gasteiger partial charge is 0.872 e. The van der Waals surface area contributed by atoms with Crippen LogP contribution >= 0.6 is 0 Å². The van der Waals surface area contributed by atoms with Gasteiger partial charge in [-0.05, 0) is 25.0 Å². The van der Waals surface area contributed by atoms with Crippen LogP contribution in [-0.4, -0.2) is 36.5 Å². The molecule has 4 aromatic rings. The van der Waals surface area contributed by atoms with Crippen LogP contribution in [-0.2, 0) is 17.1 Å². The summed E-state index contributed by atoms with van der Waals surface area (Å²) in [5.74, 6) is -0.619. The van der Waals surface area contributed by atoms with Crippen molar-refractivity contribution in [2.24, 2.45) is 9.98 Å². The Hall–Kier alpha value is -3.76. The van der Waals surface area contributed by atoms with Gasteiger partial charge in [0.1, 0.15) is 11.2 Å². The molecule has 11 heteroatoms. The molecule has 4 rings (SSSR count). The average molecular weight is 530 g/mol. The summed E-state index contributed by atoms with van der Waals surface area (Å²) in [6.45, 7) is 3.98. The molecule has 0 saturated carbocycles. The second-order valence-electron chi connectivity index (χ2n) is 7.28. The maximum absolute atomic E-state index is 12.2. The second-order valence-corrected chi connectivity index (χ2v) is 7.28. The van der Waals surface area contributed by atoms with Crippen LogP contribution in [0, 0.1) is 13.8 Å². The SMILES string of the molecule is Cc1cc(=O)oc2c(C=NCCN=Cc3c([O-])ccc4c(C)cc(=O)oc34)c([O-])ccc12.O.O.[Cu+2].